The molecule has 0 bridgehead atoms. The highest BCUT2D eigenvalue weighted by Crippen LogP contribution is 2.32. The first-order valence-electron chi connectivity index (χ1n) is 7.38. The molecule has 116 valence electrons. The molecule has 0 amide bonds. The van der Waals surface area contributed by atoms with Crippen LogP contribution in [-0.2, 0) is 21.6 Å². The van der Waals surface area contributed by atoms with Crippen LogP contribution in [0.25, 0.3) is 0 Å². The molecular weight excluding hydrogens is 276 g/mol. The fraction of sp³-hybridized carbons (Fsp3) is 0.316. The number of carbonyl (C=O) groups excluding carboxylic acids is 1. The van der Waals surface area contributed by atoms with E-state index in [4.69, 9.17) is 9.47 Å². The predicted molar refractivity (Wildman–Crippen MR) is 86.9 cm³/mol. The van der Waals surface area contributed by atoms with Gasteiger partial charge in [-0.3, -0.25) is 4.79 Å². The third-order valence-corrected chi connectivity index (χ3v) is 3.49. The molecule has 0 aliphatic heterocycles. The lowest BCUT2D eigenvalue weighted by Gasteiger charge is -2.26. The van der Waals surface area contributed by atoms with Crippen LogP contribution in [0, 0.1) is 0 Å². The Bertz CT molecular complexity index is 618. The van der Waals surface area contributed by atoms with Crippen LogP contribution >= 0.6 is 0 Å². The summed E-state index contributed by atoms with van der Waals surface area (Å²) >= 11 is 0. The Morgan fingerprint density at radius 1 is 1.00 bits per heavy atom. The van der Waals surface area contributed by atoms with Crippen LogP contribution in [0.2, 0.25) is 0 Å². The molecule has 0 radical (unpaired) electrons. The van der Waals surface area contributed by atoms with Gasteiger partial charge in [-0.25, -0.2) is 0 Å². The van der Waals surface area contributed by atoms with Gasteiger partial charge in [0.05, 0.1) is 0 Å². The van der Waals surface area contributed by atoms with Gasteiger partial charge >= 0.3 is 5.97 Å². The molecule has 0 heterocycles. The summed E-state index contributed by atoms with van der Waals surface area (Å²) in [4.78, 5) is 11.1. The van der Waals surface area contributed by atoms with Gasteiger partial charge in [-0.1, -0.05) is 62.4 Å². The zero-order chi connectivity index (χ0) is 16.0. The van der Waals surface area contributed by atoms with Crippen molar-refractivity contribution in [2.45, 2.75) is 32.8 Å². The molecule has 2 aromatic carbocycles. The molecular formula is C19H22O3. The summed E-state index contributed by atoms with van der Waals surface area (Å²) in [5.41, 5.74) is 1.85. The standard InChI is InChI=1S/C19H22O3/c1-15(20)22-14-19(2,3)17-11-7-8-12-18(17)21-13-16-9-5-4-6-10-16/h4-12H,13-14H2,1-3H3. The van der Waals surface area contributed by atoms with Crippen LogP contribution < -0.4 is 4.74 Å². The third-order valence-electron chi connectivity index (χ3n) is 3.49. The summed E-state index contributed by atoms with van der Waals surface area (Å²) in [6.45, 7) is 6.35. The first-order chi connectivity index (χ1) is 10.5. The Kier molecular flexibility index (Phi) is 5.21. The van der Waals surface area contributed by atoms with Crippen molar-refractivity contribution >= 4 is 5.97 Å². The van der Waals surface area contributed by atoms with Crippen molar-refractivity contribution in [3.05, 3.63) is 65.7 Å². The second kappa shape index (κ2) is 7.12. The molecule has 0 aliphatic rings. The van der Waals surface area contributed by atoms with Gasteiger partial charge in [0, 0.05) is 17.9 Å². The number of hydrogen-bond acceptors (Lipinski definition) is 3. The first-order valence-corrected chi connectivity index (χ1v) is 7.38. The maximum atomic E-state index is 11.1. The monoisotopic (exact) mass is 298 g/mol. The van der Waals surface area contributed by atoms with E-state index in [2.05, 4.69) is 0 Å². The van der Waals surface area contributed by atoms with Gasteiger partial charge in [0.1, 0.15) is 19.0 Å². The molecule has 0 aromatic heterocycles. The van der Waals surface area contributed by atoms with Crippen molar-refractivity contribution in [3.63, 3.8) is 0 Å². The van der Waals surface area contributed by atoms with E-state index in [1.807, 2.05) is 68.4 Å². The summed E-state index contributed by atoms with van der Waals surface area (Å²) in [7, 11) is 0. The van der Waals surface area contributed by atoms with Gasteiger partial charge in [-0.15, -0.1) is 0 Å². The highest BCUT2D eigenvalue weighted by atomic mass is 16.5. The molecule has 0 saturated heterocycles. The van der Waals surface area contributed by atoms with Gasteiger partial charge in [-0.2, -0.15) is 0 Å². The average molecular weight is 298 g/mol. The van der Waals surface area contributed by atoms with Crippen molar-refractivity contribution in [3.8, 4) is 5.75 Å². The van der Waals surface area contributed by atoms with Crippen molar-refractivity contribution in [1.82, 2.24) is 0 Å². The Morgan fingerprint density at radius 2 is 1.64 bits per heavy atom. The van der Waals surface area contributed by atoms with Crippen LogP contribution in [0.1, 0.15) is 31.9 Å². The summed E-state index contributed by atoms with van der Waals surface area (Å²) in [5.74, 6) is 0.555. The number of esters is 1. The quantitative estimate of drug-likeness (QED) is 0.753. The number of rotatable bonds is 6. The molecule has 0 spiro atoms. The third kappa shape index (κ3) is 4.35. The molecule has 0 saturated carbocycles. The zero-order valence-corrected chi connectivity index (χ0v) is 13.3. The summed E-state index contributed by atoms with van der Waals surface area (Å²) in [6, 6.07) is 17.9. The van der Waals surface area contributed by atoms with Crippen molar-refractivity contribution in [2.75, 3.05) is 6.61 Å². The van der Waals surface area contributed by atoms with E-state index in [-0.39, 0.29) is 11.4 Å². The lowest BCUT2D eigenvalue weighted by molar-refractivity contribution is -0.142. The fourth-order valence-corrected chi connectivity index (χ4v) is 2.25. The first kappa shape index (κ1) is 16.1. The molecule has 3 heteroatoms. The highest BCUT2D eigenvalue weighted by Gasteiger charge is 2.25. The minimum Gasteiger partial charge on any atom is -0.489 e. The van der Waals surface area contributed by atoms with E-state index in [1.54, 1.807) is 0 Å². The van der Waals surface area contributed by atoms with E-state index in [0.717, 1.165) is 16.9 Å². The predicted octanol–water partition coefficient (Wildman–Crippen LogP) is 4.11. The van der Waals surface area contributed by atoms with Gasteiger partial charge in [0.25, 0.3) is 0 Å². The molecule has 0 unspecified atom stereocenters. The highest BCUT2D eigenvalue weighted by molar-refractivity contribution is 5.66. The Balaban J connectivity index is 2.13. The minimum atomic E-state index is -0.307. The van der Waals surface area contributed by atoms with E-state index < -0.39 is 0 Å². The molecule has 0 atom stereocenters. The van der Waals surface area contributed by atoms with Crippen LogP contribution in [0.15, 0.2) is 54.6 Å². The molecule has 22 heavy (non-hydrogen) atoms. The molecule has 0 fully saturated rings. The van der Waals surface area contributed by atoms with Crippen LogP contribution in [-0.4, -0.2) is 12.6 Å². The number of benzene rings is 2. The topological polar surface area (TPSA) is 35.5 Å². The molecule has 3 nitrogen and oxygen atoms in total. The number of ether oxygens (including phenoxy) is 2. The largest absolute Gasteiger partial charge is 0.489 e. The van der Waals surface area contributed by atoms with E-state index in [1.165, 1.54) is 6.92 Å². The lowest BCUT2D eigenvalue weighted by atomic mass is 9.85. The molecule has 2 rings (SSSR count). The Labute approximate surface area is 131 Å². The summed E-state index contributed by atoms with van der Waals surface area (Å²) in [6.07, 6.45) is 0. The minimum absolute atomic E-state index is 0.268. The van der Waals surface area contributed by atoms with Gasteiger partial charge < -0.3 is 9.47 Å². The summed E-state index contributed by atoms with van der Waals surface area (Å²) in [5, 5.41) is 0. The van der Waals surface area contributed by atoms with Gasteiger partial charge in [-0.05, 0) is 11.6 Å². The summed E-state index contributed by atoms with van der Waals surface area (Å²) < 4.78 is 11.2. The second-order valence-corrected chi connectivity index (χ2v) is 5.93. The lowest BCUT2D eigenvalue weighted by Crippen LogP contribution is -2.26. The fourth-order valence-electron chi connectivity index (χ4n) is 2.25. The molecule has 0 N–H and O–H groups in total. The van der Waals surface area contributed by atoms with E-state index >= 15 is 0 Å². The zero-order valence-electron chi connectivity index (χ0n) is 13.3. The van der Waals surface area contributed by atoms with E-state index in [9.17, 15) is 4.79 Å². The van der Waals surface area contributed by atoms with Crippen LogP contribution in [0.4, 0.5) is 0 Å². The Hall–Kier alpha value is -2.29. The van der Waals surface area contributed by atoms with Crippen molar-refractivity contribution in [1.29, 1.82) is 0 Å². The van der Waals surface area contributed by atoms with Gasteiger partial charge in [0.2, 0.25) is 0 Å². The maximum Gasteiger partial charge on any atom is 0.302 e. The second-order valence-electron chi connectivity index (χ2n) is 5.93. The normalized spacial score (nSPS) is 11.0. The average Bonchev–Trinajstić information content (AvgIpc) is 2.52. The van der Waals surface area contributed by atoms with Crippen LogP contribution in [0.5, 0.6) is 5.75 Å². The van der Waals surface area contributed by atoms with Crippen LogP contribution in [0.3, 0.4) is 0 Å². The number of carbonyl (C=O) groups is 1. The number of para-hydroxylation sites is 1. The molecule has 2 aromatic rings. The molecule has 0 aliphatic carbocycles. The SMILES string of the molecule is CC(=O)OCC(C)(C)c1ccccc1OCc1ccccc1. The van der Waals surface area contributed by atoms with Crippen molar-refractivity contribution < 1.29 is 14.3 Å². The van der Waals surface area contributed by atoms with Crippen molar-refractivity contribution in [2.24, 2.45) is 0 Å². The van der Waals surface area contributed by atoms with E-state index in [0.29, 0.717) is 13.2 Å². The Morgan fingerprint density at radius 3 is 2.32 bits per heavy atom. The smallest absolute Gasteiger partial charge is 0.302 e. The number of hydrogen-bond donors (Lipinski definition) is 0. The maximum absolute atomic E-state index is 11.1. The van der Waals surface area contributed by atoms with Gasteiger partial charge in [0.15, 0.2) is 0 Å².